The molecule has 0 bridgehead atoms. The second kappa shape index (κ2) is 2.30. The van der Waals surface area contributed by atoms with Crippen LogP contribution in [0.15, 0.2) is 16.3 Å². The van der Waals surface area contributed by atoms with E-state index in [4.69, 9.17) is 11.6 Å². The first-order valence-corrected chi connectivity index (χ1v) is 3.14. The number of hydrogen-bond donors (Lipinski definition) is 2. The third-order valence-electron chi connectivity index (χ3n) is 1.60. The van der Waals surface area contributed by atoms with Crippen molar-refractivity contribution in [1.29, 1.82) is 0 Å². The molecular formula is C6H12N4. The van der Waals surface area contributed by atoms with Gasteiger partial charge in [0.05, 0.1) is 6.54 Å². The molecule has 0 aromatic carbocycles. The lowest BCUT2D eigenvalue weighted by molar-refractivity contribution is 0.460. The quantitative estimate of drug-likeness (QED) is 0.457. The van der Waals surface area contributed by atoms with E-state index in [1.807, 2.05) is 13.8 Å². The molecule has 0 spiro atoms. The third-order valence-corrected chi connectivity index (χ3v) is 1.60. The van der Waals surface area contributed by atoms with Gasteiger partial charge in [-0.15, -0.1) is 0 Å². The molecule has 0 aromatic heterocycles. The highest BCUT2D eigenvalue weighted by atomic mass is 15.5. The van der Waals surface area contributed by atoms with Crippen molar-refractivity contribution >= 4 is 5.96 Å². The van der Waals surface area contributed by atoms with E-state index in [0.29, 0.717) is 12.5 Å². The van der Waals surface area contributed by atoms with Crippen LogP contribution in [0.2, 0.25) is 0 Å². The lowest BCUT2D eigenvalue weighted by Gasteiger charge is -2.22. The zero-order chi connectivity index (χ0) is 7.72. The average molecular weight is 140 g/mol. The SMILES string of the molecule is CC1=C(C)N=C(N)N(N)C1. The molecular weight excluding hydrogens is 128 g/mol. The minimum atomic E-state index is 0.392. The molecule has 1 heterocycles. The summed E-state index contributed by atoms with van der Waals surface area (Å²) in [4.78, 5) is 4.02. The van der Waals surface area contributed by atoms with E-state index in [2.05, 4.69) is 4.99 Å². The molecule has 0 unspecified atom stereocenters. The summed E-state index contributed by atoms with van der Waals surface area (Å²) in [6.45, 7) is 4.60. The van der Waals surface area contributed by atoms with E-state index < -0.39 is 0 Å². The maximum absolute atomic E-state index is 5.47. The van der Waals surface area contributed by atoms with Crippen LogP contribution >= 0.6 is 0 Å². The molecule has 0 aromatic rings. The molecule has 56 valence electrons. The molecule has 0 radical (unpaired) electrons. The Morgan fingerprint density at radius 3 is 2.60 bits per heavy atom. The van der Waals surface area contributed by atoms with Crippen molar-refractivity contribution in [3.05, 3.63) is 11.3 Å². The fourth-order valence-electron chi connectivity index (χ4n) is 0.782. The smallest absolute Gasteiger partial charge is 0.210 e. The van der Waals surface area contributed by atoms with Crippen LogP contribution in [0.4, 0.5) is 0 Å². The molecule has 1 aliphatic rings. The maximum Gasteiger partial charge on any atom is 0.210 e. The number of rotatable bonds is 0. The van der Waals surface area contributed by atoms with Gasteiger partial charge in [-0.2, -0.15) is 0 Å². The minimum absolute atomic E-state index is 0.392. The number of guanidine groups is 1. The Labute approximate surface area is 60.2 Å². The van der Waals surface area contributed by atoms with Crippen molar-refractivity contribution in [3.8, 4) is 0 Å². The van der Waals surface area contributed by atoms with E-state index in [-0.39, 0.29) is 0 Å². The molecule has 0 saturated carbocycles. The molecule has 1 aliphatic heterocycles. The van der Waals surface area contributed by atoms with Gasteiger partial charge < -0.3 is 5.73 Å². The summed E-state index contributed by atoms with van der Waals surface area (Å²) in [6, 6.07) is 0. The molecule has 0 saturated heterocycles. The Balaban J connectivity index is 2.88. The van der Waals surface area contributed by atoms with Crippen molar-refractivity contribution in [2.75, 3.05) is 6.54 Å². The highest BCUT2D eigenvalue weighted by molar-refractivity contribution is 5.79. The molecule has 0 fully saturated rings. The van der Waals surface area contributed by atoms with Gasteiger partial charge in [0, 0.05) is 5.70 Å². The number of hydrogen-bond acceptors (Lipinski definition) is 4. The topological polar surface area (TPSA) is 67.6 Å². The predicted molar refractivity (Wildman–Crippen MR) is 40.9 cm³/mol. The highest BCUT2D eigenvalue weighted by Gasteiger charge is 2.10. The Bertz CT molecular complexity index is 204. The molecule has 4 heteroatoms. The number of aliphatic imine (C=N–C) groups is 1. The second-order valence-corrected chi connectivity index (χ2v) is 2.46. The van der Waals surface area contributed by atoms with Crippen LogP contribution < -0.4 is 11.6 Å². The number of allylic oxidation sites excluding steroid dienone is 1. The van der Waals surface area contributed by atoms with Gasteiger partial charge in [0.1, 0.15) is 0 Å². The highest BCUT2D eigenvalue weighted by Crippen LogP contribution is 2.09. The lowest BCUT2D eigenvalue weighted by atomic mass is 10.2. The molecule has 0 atom stereocenters. The Morgan fingerprint density at radius 1 is 1.50 bits per heavy atom. The Morgan fingerprint density at radius 2 is 2.10 bits per heavy atom. The zero-order valence-corrected chi connectivity index (χ0v) is 6.26. The summed E-state index contributed by atoms with van der Waals surface area (Å²) in [5.74, 6) is 5.87. The Kier molecular flexibility index (Phi) is 1.63. The van der Waals surface area contributed by atoms with E-state index >= 15 is 0 Å². The van der Waals surface area contributed by atoms with Crippen molar-refractivity contribution in [2.45, 2.75) is 13.8 Å². The van der Waals surface area contributed by atoms with Gasteiger partial charge in [-0.25, -0.2) is 10.8 Å². The first-order chi connectivity index (χ1) is 4.61. The normalized spacial score (nSPS) is 19.5. The van der Waals surface area contributed by atoms with Gasteiger partial charge in [0.15, 0.2) is 0 Å². The van der Waals surface area contributed by atoms with E-state index in [0.717, 1.165) is 11.3 Å². The fraction of sp³-hybridized carbons (Fsp3) is 0.500. The average Bonchev–Trinajstić information content (AvgIpc) is 1.84. The Hall–Kier alpha value is -1.03. The van der Waals surface area contributed by atoms with Gasteiger partial charge in [-0.3, -0.25) is 5.01 Å². The first kappa shape index (κ1) is 7.08. The molecule has 0 aliphatic carbocycles. The largest absolute Gasteiger partial charge is 0.368 e. The van der Waals surface area contributed by atoms with Crippen LogP contribution in [-0.2, 0) is 0 Å². The van der Waals surface area contributed by atoms with Crippen molar-refractivity contribution in [1.82, 2.24) is 5.01 Å². The molecule has 0 amide bonds. The van der Waals surface area contributed by atoms with Crippen molar-refractivity contribution < 1.29 is 0 Å². The summed E-state index contributed by atoms with van der Waals surface area (Å²) < 4.78 is 0. The van der Waals surface area contributed by atoms with Gasteiger partial charge >= 0.3 is 0 Å². The fourth-order valence-corrected chi connectivity index (χ4v) is 0.782. The van der Waals surface area contributed by atoms with E-state index in [1.54, 1.807) is 0 Å². The second-order valence-electron chi connectivity index (χ2n) is 2.46. The molecule has 10 heavy (non-hydrogen) atoms. The summed E-state index contributed by atoms with van der Waals surface area (Å²) >= 11 is 0. The lowest BCUT2D eigenvalue weighted by Crippen LogP contribution is -2.45. The first-order valence-electron chi connectivity index (χ1n) is 3.14. The predicted octanol–water partition coefficient (Wildman–Crippen LogP) is -0.216. The minimum Gasteiger partial charge on any atom is -0.368 e. The van der Waals surface area contributed by atoms with Crippen LogP contribution in [0, 0.1) is 0 Å². The summed E-state index contributed by atoms with van der Waals surface area (Å²) in [7, 11) is 0. The summed E-state index contributed by atoms with van der Waals surface area (Å²) in [5, 5.41) is 1.43. The van der Waals surface area contributed by atoms with Gasteiger partial charge in [0.25, 0.3) is 0 Å². The van der Waals surface area contributed by atoms with Gasteiger partial charge in [-0.1, -0.05) is 0 Å². The van der Waals surface area contributed by atoms with E-state index in [1.165, 1.54) is 5.01 Å². The number of nitrogens with two attached hydrogens (primary N) is 2. The van der Waals surface area contributed by atoms with Crippen LogP contribution in [0.1, 0.15) is 13.8 Å². The van der Waals surface area contributed by atoms with E-state index in [9.17, 15) is 0 Å². The summed E-state index contributed by atoms with van der Waals surface area (Å²) in [6.07, 6.45) is 0. The number of nitrogens with zero attached hydrogens (tertiary/aromatic N) is 2. The van der Waals surface area contributed by atoms with Gasteiger partial charge in [-0.05, 0) is 19.4 Å². The summed E-state index contributed by atoms with van der Waals surface area (Å²) in [5.41, 5.74) is 7.58. The van der Waals surface area contributed by atoms with Crippen LogP contribution in [0.25, 0.3) is 0 Å². The molecule has 4 N–H and O–H groups in total. The number of hydrazine groups is 1. The standard InChI is InChI=1S/C6H12N4/c1-4-3-10(8)6(7)9-5(4)2/h3,8H2,1-2H3,(H2,7,9). The monoisotopic (exact) mass is 140 g/mol. The zero-order valence-electron chi connectivity index (χ0n) is 6.26. The molecule has 4 nitrogen and oxygen atoms in total. The van der Waals surface area contributed by atoms with Gasteiger partial charge in [0.2, 0.25) is 5.96 Å². The maximum atomic E-state index is 5.47. The van der Waals surface area contributed by atoms with Crippen LogP contribution in [0.5, 0.6) is 0 Å². The van der Waals surface area contributed by atoms with Crippen LogP contribution in [0.3, 0.4) is 0 Å². The third kappa shape index (κ3) is 1.11. The van der Waals surface area contributed by atoms with Crippen LogP contribution in [-0.4, -0.2) is 17.5 Å². The van der Waals surface area contributed by atoms with Crippen molar-refractivity contribution in [3.63, 3.8) is 0 Å². The van der Waals surface area contributed by atoms with Crippen molar-refractivity contribution in [2.24, 2.45) is 16.6 Å². The molecule has 1 rings (SSSR count).